The van der Waals surface area contributed by atoms with Crippen molar-refractivity contribution < 1.29 is 56.7 Å². The topological polar surface area (TPSA) is 167 Å². The Hall–Kier alpha value is -2.24. The van der Waals surface area contributed by atoms with Gasteiger partial charge in [0.1, 0.15) is 32.0 Å². The number of Topliss-reactive ketones (excluding diaryl/α,β-unsaturated/α-hetero) is 1. The molecular weight excluding hydrogens is 739 g/mol. The summed E-state index contributed by atoms with van der Waals surface area (Å²) in [7, 11) is 0.965. The minimum absolute atomic E-state index is 0.0301. The Bertz CT molecular complexity index is 1660. The number of amides is 1. The number of ether oxygens (including phenoxy) is 3. The van der Waals surface area contributed by atoms with Gasteiger partial charge in [-0.15, -0.1) is 5.92 Å². The molecule has 3 N–H and O–H groups in total. The minimum Gasteiger partial charge on any atom is -0.393 e. The van der Waals surface area contributed by atoms with E-state index in [0.717, 1.165) is 50.5 Å². The Labute approximate surface area is 332 Å². The number of fused-ring (bicyclic) bond motifs is 7. The van der Waals surface area contributed by atoms with Gasteiger partial charge in [-0.25, -0.2) is 4.57 Å². The number of rotatable bonds is 16. The molecule has 0 aromatic rings. The number of quaternary nitrogens is 1. The van der Waals surface area contributed by atoms with E-state index in [1.165, 1.54) is 0 Å². The average molecular weight is 804 g/mol. The van der Waals surface area contributed by atoms with Crippen LogP contribution in [0.5, 0.6) is 0 Å². The van der Waals surface area contributed by atoms with Crippen LogP contribution in [0, 0.1) is 40.4 Å². The summed E-state index contributed by atoms with van der Waals surface area (Å²) in [5.74, 6) is 5.17. The number of aliphatic hydroxyl groups is 1. The SMILES string of the molecule is CCCC1O[C@@H]2C[C@H]3[C@@H]4CCC5=CC(=O)C=C[C@]5(C)[C@H]4[C@@H](O)C[C@]3(C)C2(C(=O)COP(=O)(O)OC(CCNC(=O)COC2C#CCCCCC2)C[N+](C)(C)C)O1. The fourth-order valence-electron chi connectivity index (χ4n) is 11.0. The first-order chi connectivity index (χ1) is 26.4. The van der Waals surface area contributed by atoms with Gasteiger partial charge in [0, 0.05) is 29.7 Å². The van der Waals surface area contributed by atoms with Crippen LogP contribution >= 0.6 is 7.82 Å². The third-order valence-electron chi connectivity index (χ3n) is 13.4. The fraction of sp³-hybridized carbons (Fsp3) is 0.786. The van der Waals surface area contributed by atoms with Gasteiger partial charge in [0.15, 0.2) is 23.5 Å². The number of hydrogen-bond donors (Lipinski definition) is 3. The molecule has 6 rings (SSSR count). The Morgan fingerprint density at radius 1 is 1.16 bits per heavy atom. The number of ketones is 2. The molecule has 3 saturated carbocycles. The van der Waals surface area contributed by atoms with Gasteiger partial charge < -0.3 is 34.0 Å². The molecule has 1 aliphatic heterocycles. The lowest BCUT2D eigenvalue weighted by Gasteiger charge is -2.59. The average Bonchev–Trinajstić information content (AvgIpc) is 3.58. The highest BCUT2D eigenvalue weighted by atomic mass is 31.2. The van der Waals surface area contributed by atoms with Crippen molar-refractivity contribution >= 4 is 25.3 Å². The number of phosphoric ester groups is 1. The van der Waals surface area contributed by atoms with Crippen molar-refractivity contribution in [3.63, 3.8) is 0 Å². The Morgan fingerprint density at radius 2 is 1.95 bits per heavy atom. The molecule has 0 spiro atoms. The van der Waals surface area contributed by atoms with E-state index in [4.69, 9.17) is 23.3 Å². The van der Waals surface area contributed by atoms with E-state index in [-0.39, 0.29) is 61.5 Å². The van der Waals surface area contributed by atoms with Gasteiger partial charge in [-0.05, 0) is 81.8 Å². The molecule has 14 heteroatoms. The molecule has 12 atom stereocenters. The molecule has 0 bridgehead atoms. The molecule has 0 radical (unpaired) electrons. The smallest absolute Gasteiger partial charge is 0.393 e. The van der Waals surface area contributed by atoms with Gasteiger partial charge in [-0.3, -0.25) is 23.4 Å². The Balaban J connectivity index is 1.12. The summed E-state index contributed by atoms with van der Waals surface area (Å²) in [6.45, 7) is 5.72. The lowest BCUT2D eigenvalue weighted by molar-refractivity contribution is -0.873. The largest absolute Gasteiger partial charge is 0.473 e. The first kappa shape index (κ1) is 43.3. The number of likely N-dealkylation sites (N-methyl/N-ethyl adjacent to an activating group) is 1. The predicted molar refractivity (Wildman–Crippen MR) is 208 cm³/mol. The quantitative estimate of drug-likeness (QED) is 0.112. The van der Waals surface area contributed by atoms with Crippen LogP contribution in [-0.4, -0.2) is 116 Å². The molecule has 1 saturated heterocycles. The second-order valence-corrected chi connectivity index (χ2v) is 19.8. The standard InChI is InChI=1S/C42H63N2O11P/c1-7-13-38-53-36-23-33-32-17-16-28-22-29(45)18-20-40(28,2)39(32)34(46)24-41(33,3)42(36,54-38)35(47)26-52-56(49,50)55-31(25-44(4,5)6)19-21-43-37(48)27-51-30-14-11-9-8-10-12-15-30/h18,20,22,30-34,36,38-39,46H,7-11,13-14,16-17,19,21,23-27H2,1-6H3,(H-,43,48,49,50)/p+1/t30?,31?,32-,33-,34-,36+,38?,39+,40-,41-,42?/m0/s1. The van der Waals surface area contributed by atoms with Crippen LogP contribution in [-0.2, 0) is 42.2 Å². The molecule has 0 aromatic carbocycles. The van der Waals surface area contributed by atoms with Crippen LogP contribution in [0.15, 0.2) is 23.8 Å². The van der Waals surface area contributed by atoms with Gasteiger partial charge in [0.05, 0.1) is 33.4 Å². The summed E-state index contributed by atoms with van der Waals surface area (Å²) in [5.41, 5.74) is -1.81. The van der Waals surface area contributed by atoms with E-state index in [0.29, 0.717) is 30.3 Å². The first-order valence-electron chi connectivity index (χ1n) is 20.7. The summed E-state index contributed by atoms with van der Waals surface area (Å²) in [6.07, 6.45) is 10.8. The maximum Gasteiger partial charge on any atom is 0.473 e. The first-order valence-corrected chi connectivity index (χ1v) is 22.2. The molecule has 5 unspecified atom stereocenters. The van der Waals surface area contributed by atoms with Crippen LogP contribution in [0.2, 0.25) is 0 Å². The predicted octanol–water partition coefficient (Wildman–Crippen LogP) is 4.79. The minimum atomic E-state index is -4.79. The van der Waals surface area contributed by atoms with Gasteiger partial charge in [0.2, 0.25) is 5.91 Å². The summed E-state index contributed by atoms with van der Waals surface area (Å²) in [6, 6.07) is 0. The second kappa shape index (κ2) is 17.2. The highest BCUT2D eigenvalue weighted by Crippen LogP contribution is 2.70. The highest BCUT2D eigenvalue weighted by Gasteiger charge is 2.75. The lowest BCUT2D eigenvalue weighted by atomic mass is 9.46. The Kier molecular flexibility index (Phi) is 13.3. The van der Waals surface area contributed by atoms with E-state index in [1.807, 2.05) is 41.1 Å². The molecule has 56 heavy (non-hydrogen) atoms. The zero-order valence-electron chi connectivity index (χ0n) is 34.1. The van der Waals surface area contributed by atoms with Gasteiger partial charge in [0.25, 0.3) is 0 Å². The van der Waals surface area contributed by atoms with E-state index in [9.17, 15) is 28.9 Å². The molecule has 13 nitrogen and oxygen atoms in total. The monoisotopic (exact) mass is 803 g/mol. The normalized spacial score (nSPS) is 38.0. The summed E-state index contributed by atoms with van der Waals surface area (Å²) < 4.78 is 44.1. The number of nitrogens with one attached hydrogen (secondary N) is 1. The molecule has 312 valence electrons. The number of hydrogen-bond acceptors (Lipinski definition) is 10. The van der Waals surface area contributed by atoms with Crippen molar-refractivity contribution in [2.45, 2.75) is 134 Å². The third kappa shape index (κ3) is 9.00. The van der Waals surface area contributed by atoms with E-state index in [2.05, 4.69) is 24.1 Å². The molecule has 4 fully saturated rings. The number of carbonyl (C=O) groups excluding carboxylic acids is 3. The van der Waals surface area contributed by atoms with E-state index in [1.54, 1.807) is 12.2 Å². The molecule has 6 aliphatic rings. The van der Waals surface area contributed by atoms with Crippen molar-refractivity contribution in [3.05, 3.63) is 23.8 Å². The molecule has 1 heterocycles. The number of allylic oxidation sites excluding steroid dienone is 4. The summed E-state index contributed by atoms with van der Waals surface area (Å²) in [5, 5.41) is 14.8. The van der Waals surface area contributed by atoms with Crippen molar-refractivity contribution in [2.75, 3.05) is 47.4 Å². The molecule has 0 aromatic heterocycles. The van der Waals surface area contributed by atoms with E-state index < -0.39 is 61.2 Å². The number of aliphatic hydroxyl groups excluding tert-OH is 1. The maximum absolute atomic E-state index is 14.6. The molecule has 1 amide bonds. The van der Waals surface area contributed by atoms with Crippen LogP contribution in [0.25, 0.3) is 0 Å². The second-order valence-electron chi connectivity index (χ2n) is 18.4. The van der Waals surface area contributed by atoms with Crippen molar-refractivity contribution in [1.82, 2.24) is 5.32 Å². The van der Waals surface area contributed by atoms with Gasteiger partial charge in [-0.2, -0.15) is 0 Å². The summed E-state index contributed by atoms with van der Waals surface area (Å²) in [4.78, 5) is 50.6. The van der Waals surface area contributed by atoms with Gasteiger partial charge in [-0.1, -0.05) is 51.2 Å². The van der Waals surface area contributed by atoms with Crippen LogP contribution in [0.4, 0.5) is 0 Å². The number of carbonyl (C=O) groups is 3. The number of nitrogens with zero attached hydrogens (tertiary/aromatic N) is 1. The zero-order chi connectivity index (χ0) is 40.5. The third-order valence-corrected chi connectivity index (χ3v) is 14.4. The van der Waals surface area contributed by atoms with Crippen molar-refractivity contribution in [1.29, 1.82) is 0 Å². The lowest BCUT2D eigenvalue weighted by Crippen LogP contribution is -2.63. The molecule has 5 aliphatic carbocycles. The van der Waals surface area contributed by atoms with Crippen LogP contribution < -0.4 is 5.32 Å². The van der Waals surface area contributed by atoms with Crippen LogP contribution in [0.3, 0.4) is 0 Å². The fourth-order valence-corrected chi connectivity index (χ4v) is 11.9. The zero-order valence-corrected chi connectivity index (χ0v) is 35.0. The molecular formula is C42H64N2O11P+. The maximum atomic E-state index is 14.6. The number of phosphoric acid groups is 1. The van der Waals surface area contributed by atoms with Crippen molar-refractivity contribution in [2.24, 2.45) is 28.6 Å². The Morgan fingerprint density at radius 3 is 2.70 bits per heavy atom. The van der Waals surface area contributed by atoms with Crippen molar-refractivity contribution in [3.8, 4) is 11.8 Å². The van der Waals surface area contributed by atoms with Gasteiger partial charge >= 0.3 is 7.82 Å². The van der Waals surface area contributed by atoms with Crippen LogP contribution in [0.1, 0.15) is 97.8 Å². The summed E-state index contributed by atoms with van der Waals surface area (Å²) >= 11 is 0. The highest BCUT2D eigenvalue weighted by molar-refractivity contribution is 7.47. The van der Waals surface area contributed by atoms with E-state index >= 15 is 0 Å².